The number of hydrogen-bond donors (Lipinski definition) is 3. The Kier molecular flexibility index (Phi) is 7.43. The molecule has 0 saturated heterocycles. The van der Waals surface area contributed by atoms with Crippen molar-refractivity contribution in [1.29, 1.82) is 0 Å². The number of guanidine groups is 1. The predicted molar refractivity (Wildman–Crippen MR) is 92.0 cm³/mol. The molecular weight excluding hydrogens is 276 g/mol. The average Bonchev–Trinajstić information content (AvgIpc) is 2.44. The summed E-state index contributed by atoms with van der Waals surface area (Å²) < 4.78 is 0. The van der Waals surface area contributed by atoms with E-state index in [0.717, 1.165) is 19.5 Å². The summed E-state index contributed by atoms with van der Waals surface area (Å²) in [5, 5.41) is 9.29. The summed E-state index contributed by atoms with van der Waals surface area (Å²) in [6.45, 7) is 9.53. The van der Waals surface area contributed by atoms with Crippen molar-refractivity contribution in [2.75, 3.05) is 19.6 Å². The highest BCUT2D eigenvalue weighted by atomic mass is 16.2. The van der Waals surface area contributed by atoms with Crippen LogP contribution in [-0.2, 0) is 11.2 Å². The molecule has 0 spiro atoms. The lowest BCUT2D eigenvalue weighted by Gasteiger charge is -2.20. The van der Waals surface area contributed by atoms with Gasteiger partial charge in [0.1, 0.15) is 6.54 Å². The van der Waals surface area contributed by atoms with Crippen LogP contribution in [0.25, 0.3) is 0 Å². The highest BCUT2D eigenvalue weighted by molar-refractivity contribution is 5.85. The van der Waals surface area contributed by atoms with Crippen LogP contribution in [0.5, 0.6) is 0 Å². The summed E-state index contributed by atoms with van der Waals surface area (Å²) in [5.74, 6) is 0.593. The van der Waals surface area contributed by atoms with E-state index in [4.69, 9.17) is 0 Å². The molecule has 1 aromatic carbocycles. The number of nitrogens with one attached hydrogen (secondary N) is 3. The largest absolute Gasteiger partial charge is 0.357 e. The van der Waals surface area contributed by atoms with Gasteiger partial charge in [-0.3, -0.25) is 4.79 Å². The van der Waals surface area contributed by atoms with Gasteiger partial charge in [0.25, 0.3) is 0 Å². The van der Waals surface area contributed by atoms with Crippen molar-refractivity contribution in [3.63, 3.8) is 0 Å². The van der Waals surface area contributed by atoms with Gasteiger partial charge in [-0.05, 0) is 39.7 Å². The number of rotatable bonds is 6. The molecule has 1 aromatic rings. The van der Waals surface area contributed by atoms with E-state index < -0.39 is 0 Å². The molecule has 122 valence electrons. The molecule has 5 heteroatoms. The first-order valence-corrected chi connectivity index (χ1v) is 7.78. The first-order valence-electron chi connectivity index (χ1n) is 7.78. The van der Waals surface area contributed by atoms with Crippen LogP contribution in [0.1, 0.15) is 33.3 Å². The third kappa shape index (κ3) is 8.29. The van der Waals surface area contributed by atoms with E-state index in [2.05, 4.69) is 33.1 Å². The lowest BCUT2D eigenvalue weighted by molar-refractivity contribution is -0.121. The van der Waals surface area contributed by atoms with Crippen LogP contribution < -0.4 is 16.0 Å². The maximum atomic E-state index is 11.8. The Hall–Kier alpha value is -2.04. The molecule has 0 atom stereocenters. The Labute approximate surface area is 133 Å². The zero-order chi connectivity index (χ0) is 16.4. The van der Waals surface area contributed by atoms with Crippen molar-refractivity contribution in [2.45, 2.75) is 39.7 Å². The molecule has 0 radical (unpaired) electrons. The van der Waals surface area contributed by atoms with Crippen molar-refractivity contribution in [3.05, 3.63) is 35.9 Å². The summed E-state index contributed by atoms with van der Waals surface area (Å²) in [5.41, 5.74) is 1.04. The molecule has 1 rings (SSSR count). The van der Waals surface area contributed by atoms with E-state index >= 15 is 0 Å². The minimum absolute atomic E-state index is 0.0761. The van der Waals surface area contributed by atoms with Crippen LogP contribution >= 0.6 is 0 Å². The van der Waals surface area contributed by atoms with Crippen molar-refractivity contribution in [3.8, 4) is 0 Å². The van der Waals surface area contributed by atoms with Crippen LogP contribution in [0, 0.1) is 0 Å². The molecule has 5 nitrogen and oxygen atoms in total. The monoisotopic (exact) mass is 304 g/mol. The normalized spacial score (nSPS) is 11.9. The second kappa shape index (κ2) is 9.07. The zero-order valence-electron chi connectivity index (χ0n) is 14.1. The summed E-state index contributed by atoms with van der Waals surface area (Å²) in [4.78, 5) is 16.1. The van der Waals surface area contributed by atoms with Crippen LogP contribution in [0.3, 0.4) is 0 Å². The van der Waals surface area contributed by atoms with E-state index in [-0.39, 0.29) is 18.0 Å². The van der Waals surface area contributed by atoms with Gasteiger partial charge in [0.2, 0.25) is 5.91 Å². The first-order chi connectivity index (χ1) is 10.4. The fourth-order valence-electron chi connectivity index (χ4n) is 1.92. The molecule has 0 heterocycles. The molecule has 0 aromatic heterocycles. The molecular formula is C17H28N4O. The number of nitrogens with zero attached hydrogens (tertiary/aromatic N) is 1. The lowest BCUT2D eigenvalue weighted by Crippen LogP contribution is -2.43. The Balaban J connectivity index is 2.43. The second-order valence-electron chi connectivity index (χ2n) is 6.16. The topological polar surface area (TPSA) is 65.5 Å². The van der Waals surface area contributed by atoms with E-state index in [1.807, 2.05) is 45.9 Å². The van der Waals surface area contributed by atoms with Gasteiger partial charge in [0, 0.05) is 18.6 Å². The van der Waals surface area contributed by atoms with Crippen LogP contribution in [0.2, 0.25) is 0 Å². The number of carbonyl (C=O) groups is 1. The molecule has 0 unspecified atom stereocenters. The first kappa shape index (κ1) is 18.0. The fraction of sp³-hybridized carbons (Fsp3) is 0.529. The Morgan fingerprint density at radius 2 is 1.82 bits per heavy atom. The predicted octanol–water partition coefficient (Wildman–Crippen LogP) is 1.70. The Bertz CT molecular complexity index is 477. The summed E-state index contributed by atoms with van der Waals surface area (Å²) in [6.07, 6.45) is 0.916. The van der Waals surface area contributed by atoms with Crippen molar-refractivity contribution in [1.82, 2.24) is 16.0 Å². The van der Waals surface area contributed by atoms with Crippen LogP contribution in [-0.4, -0.2) is 37.0 Å². The molecule has 22 heavy (non-hydrogen) atoms. The molecule has 0 aliphatic carbocycles. The third-order valence-corrected chi connectivity index (χ3v) is 2.79. The number of benzene rings is 1. The van der Waals surface area contributed by atoms with Gasteiger partial charge < -0.3 is 16.0 Å². The molecule has 0 aliphatic rings. The van der Waals surface area contributed by atoms with Gasteiger partial charge >= 0.3 is 0 Å². The van der Waals surface area contributed by atoms with Gasteiger partial charge in [-0.2, -0.15) is 0 Å². The molecule has 1 amide bonds. The molecule has 0 fully saturated rings. The van der Waals surface area contributed by atoms with Crippen molar-refractivity contribution < 1.29 is 4.79 Å². The van der Waals surface area contributed by atoms with E-state index in [9.17, 15) is 4.79 Å². The smallest absolute Gasteiger partial charge is 0.242 e. The summed E-state index contributed by atoms with van der Waals surface area (Å²) in [6, 6.07) is 10.3. The summed E-state index contributed by atoms with van der Waals surface area (Å²) in [7, 11) is 0. The molecule has 0 bridgehead atoms. The van der Waals surface area contributed by atoms with Crippen LogP contribution in [0.15, 0.2) is 35.3 Å². The Morgan fingerprint density at radius 1 is 1.14 bits per heavy atom. The highest BCUT2D eigenvalue weighted by Crippen LogP contribution is 1.99. The maximum absolute atomic E-state index is 11.8. The maximum Gasteiger partial charge on any atom is 0.242 e. The minimum atomic E-state index is -0.230. The number of carbonyl (C=O) groups excluding carboxylic acids is 1. The highest BCUT2D eigenvalue weighted by Gasteiger charge is 2.13. The fourth-order valence-corrected chi connectivity index (χ4v) is 1.92. The zero-order valence-corrected chi connectivity index (χ0v) is 14.1. The second-order valence-corrected chi connectivity index (χ2v) is 6.16. The molecule has 3 N–H and O–H groups in total. The van der Waals surface area contributed by atoms with Gasteiger partial charge in [-0.25, -0.2) is 4.99 Å². The standard InChI is InChI=1S/C17H28N4O/c1-5-18-16(20-13-15(22)21-17(2,3)4)19-12-11-14-9-7-6-8-10-14/h6-10H,5,11-13H2,1-4H3,(H,21,22)(H2,18,19,20). The van der Waals surface area contributed by atoms with Crippen molar-refractivity contribution >= 4 is 11.9 Å². The quantitative estimate of drug-likeness (QED) is 0.553. The van der Waals surface area contributed by atoms with E-state index in [1.54, 1.807) is 0 Å². The average molecular weight is 304 g/mol. The number of hydrogen-bond acceptors (Lipinski definition) is 2. The third-order valence-electron chi connectivity index (χ3n) is 2.79. The molecule has 0 saturated carbocycles. The molecule has 0 aliphatic heterocycles. The Morgan fingerprint density at radius 3 is 2.41 bits per heavy atom. The SMILES string of the molecule is CCNC(=NCC(=O)NC(C)(C)C)NCCc1ccccc1. The number of aliphatic imine (C=N–C) groups is 1. The van der Waals surface area contributed by atoms with Gasteiger partial charge in [-0.15, -0.1) is 0 Å². The van der Waals surface area contributed by atoms with E-state index in [0.29, 0.717) is 5.96 Å². The van der Waals surface area contributed by atoms with Gasteiger partial charge in [-0.1, -0.05) is 30.3 Å². The van der Waals surface area contributed by atoms with Gasteiger partial charge in [0.15, 0.2) is 5.96 Å². The lowest BCUT2D eigenvalue weighted by atomic mass is 10.1. The minimum Gasteiger partial charge on any atom is -0.357 e. The van der Waals surface area contributed by atoms with Crippen molar-refractivity contribution in [2.24, 2.45) is 4.99 Å². The van der Waals surface area contributed by atoms with Crippen LogP contribution in [0.4, 0.5) is 0 Å². The summed E-state index contributed by atoms with van der Waals surface area (Å²) >= 11 is 0. The number of amides is 1. The van der Waals surface area contributed by atoms with E-state index in [1.165, 1.54) is 5.56 Å². The van der Waals surface area contributed by atoms with Gasteiger partial charge in [0.05, 0.1) is 0 Å².